The van der Waals surface area contributed by atoms with Gasteiger partial charge in [0.15, 0.2) is 0 Å². The Kier molecular flexibility index (Phi) is 5.88. The van der Waals surface area contributed by atoms with E-state index in [1.54, 1.807) is 31.2 Å². The summed E-state index contributed by atoms with van der Waals surface area (Å²) in [4.78, 5) is 4.11. The lowest BCUT2D eigenvalue weighted by Crippen LogP contribution is -2.09. The Morgan fingerprint density at radius 1 is 1.16 bits per heavy atom. The van der Waals surface area contributed by atoms with Gasteiger partial charge in [0.25, 0.3) is 0 Å². The van der Waals surface area contributed by atoms with Gasteiger partial charge < -0.3 is 14.6 Å². The van der Waals surface area contributed by atoms with E-state index in [1.807, 2.05) is 0 Å². The molecule has 2 aromatic carbocycles. The maximum atomic E-state index is 13.9. The number of nitriles is 1. The van der Waals surface area contributed by atoms with Gasteiger partial charge in [-0.1, -0.05) is 12.1 Å². The van der Waals surface area contributed by atoms with E-state index in [0.29, 0.717) is 33.4 Å². The van der Waals surface area contributed by atoms with Crippen molar-refractivity contribution in [2.24, 2.45) is 0 Å². The first-order valence-electron chi connectivity index (χ1n) is 11.1. The molecule has 1 unspecified atom stereocenters. The summed E-state index contributed by atoms with van der Waals surface area (Å²) in [7, 11) is 1.31. The molecule has 5 rings (SSSR count). The molecule has 0 bridgehead atoms. The molecule has 0 fully saturated rings. The Balaban J connectivity index is 1.62. The molecule has 0 radical (unpaired) electrons. The first-order valence-corrected chi connectivity index (χ1v) is 11.1. The zero-order valence-corrected chi connectivity index (χ0v) is 19.6. The number of alkyl halides is 3. The topological polar surface area (TPSA) is 79.8 Å². The van der Waals surface area contributed by atoms with Crippen molar-refractivity contribution in [2.45, 2.75) is 25.8 Å². The maximum Gasteiger partial charge on any atom is 0.416 e. The lowest BCUT2D eigenvalue weighted by atomic mass is 9.89. The normalized spacial score (nSPS) is 15.2. The monoisotopic (exact) mass is 509 g/mol. The largest absolute Gasteiger partial charge is 0.488 e. The first kappa shape index (κ1) is 24.3. The SMILES string of the molecule is COc1nc2cc(C(F)(F)F)ccn2c1C(O)c1ccc2c(c1)COc1cc(F)ccc1/C2=C(/C)C#N. The molecule has 37 heavy (non-hydrogen) atoms. The number of fused-ring (bicyclic) bond motifs is 3. The smallest absolute Gasteiger partial charge is 0.416 e. The van der Waals surface area contributed by atoms with Crippen LogP contribution in [-0.4, -0.2) is 21.6 Å². The number of allylic oxidation sites excluding steroid dienone is 1. The van der Waals surface area contributed by atoms with Crippen LogP contribution in [0.15, 0.2) is 60.3 Å². The van der Waals surface area contributed by atoms with E-state index < -0.39 is 23.7 Å². The number of hydrogen-bond acceptors (Lipinski definition) is 5. The van der Waals surface area contributed by atoms with Crippen LogP contribution in [0.1, 0.15) is 46.5 Å². The lowest BCUT2D eigenvalue weighted by Gasteiger charge is -2.16. The van der Waals surface area contributed by atoms with Crippen molar-refractivity contribution in [3.8, 4) is 17.7 Å². The zero-order valence-electron chi connectivity index (χ0n) is 19.6. The molecule has 1 atom stereocenters. The molecule has 1 aliphatic rings. The standard InChI is InChI=1S/C27H19F4N3O3/c1-14(12-32)23-19-5-3-15(9-16(19)13-37-21-11-18(28)4-6-20(21)23)25(35)24-26(36-2)33-22-10-17(27(29,30)31)7-8-34(22)24/h3-11,25,35H,13H2,1-2H3/b23-14-. The van der Waals surface area contributed by atoms with Crippen molar-refractivity contribution in [3.05, 3.63) is 99.6 Å². The average molecular weight is 509 g/mol. The fourth-order valence-electron chi connectivity index (χ4n) is 4.50. The number of pyridine rings is 1. The predicted octanol–water partition coefficient (Wildman–Crippen LogP) is 5.82. The fourth-order valence-corrected chi connectivity index (χ4v) is 4.50. The molecule has 0 saturated carbocycles. The van der Waals surface area contributed by atoms with Crippen LogP contribution in [0.4, 0.5) is 17.6 Å². The number of aliphatic hydroxyl groups is 1. The van der Waals surface area contributed by atoms with Crippen LogP contribution in [0.3, 0.4) is 0 Å². The summed E-state index contributed by atoms with van der Waals surface area (Å²) in [6.07, 6.45) is -4.69. The number of ether oxygens (including phenoxy) is 2. The number of benzene rings is 2. The van der Waals surface area contributed by atoms with Crippen LogP contribution >= 0.6 is 0 Å². The second-order valence-electron chi connectivity index (χ2n) is 8.51. The highest BCUT2D eigenvalue weighted by molar-refractivity contribution is 5.88. The highest BCUT2D eigenvalue weighted by Gasteiger charge is 2.32. The van der Waals surface area contributed by atoms with Crippen molar-refractivity contribution in [3.63, 3.8) is 0 Å². The molecule has 0 aliphatic carbocycles. The molecular weight excluding hydrogens is 490 g/mol. The fraction of sp³-hybridized carbons (Fsp3) is 0.185. The van der Waals surface area contributed by atoms with Crippen molar-refractivity contribution in [2.75, 3.05) is 7.11 Å². The minimum absolute atomic E-state index is 0.0261. The van der Waals surface area contributed by atoms with Crippen molar-refractivity contribution in [1.82, 2.24) is 9.38 Å². The van der Waals surface area contributed by atoms with Gasteiger partial charge in [-0.05, 0) is 53.9 Å². The lowest BCUT2D eigenvalue weighted by molar-refractivity contribution is -0.137. The van der Waals surface area contributed by atoms with Gasteiger partial charge in [0.2, 0.25) is 5.88 Å². The van der Waals surface area contributed by atoms with Gasteiger partial charge in [0.05, 0.1) is 18.7 Å². The summed E-state index contributed by atoms with van der Waals surface area (Å²) in [6.45, 7) is 1.69. The van der Waals surface area contributed by atoms with Gasteiger partial charge >= 0.3 is 6.18 Å². The summed E-state index contributed by atoms with van der Waals surface area (Å²) >= 11 is 0. The Hall–Kier alpha value is -4.36. The van der Waals surface area contributed by atoms with Gasteiger partial charge in [0, 0.05) is 29.0 Å². The number of rotatable bonds is 3. The minimum atomic E-state index is -4.55. The number of nitrogens with zero attached hydrogens (tertiary/aromatic N) is 3. The molecule has 10 heteroatoms. The molecule has 0 spiro atoms. The highest BCUT2D eigenvalue weighted by Crippen LogP contribution is 2.41. The second kappa shape index (κ2) is 8.94. The van der Waals surface area contributed by atoms with E-state index in [0.717, 1.165) is 12.1 Å². The van der Waals surface area contributed by atoms with Gasteiger partial charge in [0.1, 0.15) is 35.6 Å². The van der Waals surface area contributed by atoms with Crippen molar-refractivity contribution < 1.29 is 32.1 Å². The highest BCUT2D eigenvalue weighted by atomic mass is 19.4. The molecular formula is C27H19F4N3O3. The quantitative estimate of drug-likeness (QED) is 0.278. The van der Waals surface area contributed by atoms with Crippen LogP contribution in [0.5, 0.6) is 11.6 Å². The van der Waals surface area contributed by atoms with E-state index >= 15 is 0 Å². The van der Waals surface area contributed by atoms with E-state index in [4.69, 9.17) is 9.47 Å². The Morgan fingerprint density at radius 3 is 2.62 bits per heavy atom. The summed E-state index contributed by atoms with van der Waals surface area (Å²) in [5.41, 5.74) is 2.49. The third-order valence-corrected chi connectivity index (χ3v) is 6.26. The zero-order chi connectivity index (χ0) is 26.5. The van der Waals surface area contributed by atoms with Crippen LogP contribution in [0.2, 0.25) is 0 Å². The van der Waals surface area contributed by atoms with Crippen LogP contribution in [-0.2, 0) is 12.8 Å². The first-order chi connectivity index (χ1) is 17.6. The second-order valence-corrected chi connectivity index (χ2v) is 8.51. The number of aliphatic hydroxyl groups excluding tert-OH is 1. The molecule has 0 amide bonds. The molecule has 188 valence electrons. The average Bonchev–Trinajstić information content (AvgIpc) is 3.17. The maximum absolute atomic E-state index is 13.9. The molecule has 0 saturated heterocycles. The molecule has 4 aromatic rings. The number of halogens is 4. The third kappa shape index (κ3) is 4.17. The van der Waals surface area contributed by atoms with Gasteiger partial charge in [-0.15, -0.1) is 0 Å². The molecule has 6 nitrogen and oxygen atoms in total. The minimum Gasteiger partial charge on any atom is -0.488 e. The van der Waals surface area contributed by atoms with Crippen molar-refractivity contribution in [1.29, 1.82) is 5.26 Å². The van der Waals surface area contributed by atoms with Crippen LogP contribution in [0, 0.1) is 17.1 Å². The molecule has 1 aliphatic heterocycles. The van der Waals surface area contributed by atoms with Crippen LogP contribution < -0.4 is 9.47 Å². The number of hydrogen-bond donors (Lipinski definition) is 1. The summed E-state index contributed by atoms with van der Waals surface area (Å²) in [5, 5.41) is 20.9. The third-order valence-electron chi connectivity index (χ3n) is 6.26. The van der Waals surface area contributed by atoms with Gasteiger partial charge in [-0.25, -0.2) is 4.39 Å². The van der Waals surface area contributed by atoms with Gasteiger partial charge in [-0.3, -0.25) is 4.40 Å². The predicted molar refractivity (Wildman–Crippen MR) is 125 cm³/mol. The molecule has 1 N–H and O–H groups in total. The Bertz CT molecular complexity index is 1620. The summed E-state index contributed by atoms with van der Waals surface area (Å²) in [6, 6.07) is 13.1. The Labute approximate surface area is 208 Å². The van der Waals surface area contributed by atoms with E-state index in [2.05, 4.69) is 11.1 Å². The summed E-state index contributed by atoms with van der Waals surface area (Å²) < 4.78 is 65.9. The van der Waals surface area contributed by atoms with Crippen molar-refractivity contribution >= 4 is 11.2 Å². The van der Waals surface area contributed by atoms with Crippen LogP contribution in [0.25, 0.3) is 11.2 Å². The Morgan fingerprint density at radius 2 is 1.92 bits per heavy atom. The molecule has 3 heterocycles. The number of imidazole rings is 1. The summed E-state index contributed by atoms with van der Waals surface area (Å²) in [5.74, 6) is -0.225. The van der Waals surface area contributed by atoms with E-state index in [9.17, 15) is 27.9 Å². The van der Waals surface area contributed by atoms with E-state index in [-0.39, 0.29) is 29.6 Å². The van der Waals surface area contributed by atoms with E-state index in [1.165, 1.54) is 29.8 Å². The molecule has 2 aromatic heterocycles. The van der Waals surface area contributed by atoms with Gasteiger partial charge in [-0.2, -0.15) is 23.4 Å². The number of aromatic nitrogens is 2. The number of methoxy groups -OCH3 is 1.